The molecule has 0 amide bonds. The van der Waals surface area contributed by atoms with Gasteiger partial charge in [-0.1, -0.05) is 36.5 Å². The first kappa shape index (κ1) is 12.6. The van der Waals surface area contributed by atoms with E-state index in [0.717, 1.165) is 11.6 Å². The van der Waals surface area contributed by atoms with E-state index in [2.05, 4.69) is 0 Å². The fourth-order valence-corrected chi connectivity index (χ4v) is 1.99. The Labute approximate surface area is 109 Å². The lowest BCUT2D eigenvalue weighted by Gasteiger charge is -2.10. The molecular formula is C14H11F2NS. The molecule has 2 N–H and O–H groups in total. The summed E-state index contributed by atoms with van der Waals surface area (Å²) in [5.74, 6) is -1.19. The summed E-state index contributed by atoms with van der Waals surface area (Å²) in [6, 6.07) is 10.7. The molecule has 0 fully saturated rings. The summed E-state index contributed by atoms with van der Waals surface area (Å²) in [6.07, 6.45) is 0.391. The van der Waals surface area contributed by atoms with Crippen molar-refractivity contribution in [3.63, 3.8) is 0 Å². The highest BCUT2D eigenvalue weighted by Gasteiger charge is 2.10. The Hall–Kier alpha value is -1.81. The van der Waals surface area contributed by atoms with Gasteiger partial charge in [0.15, 0.2) is 0 Å². The van der Waals surface area contributed by atoms with Gasteiger partial charge in [-0.05, 0) is 23.3 Å². The predicted molar refractivity (Wildman–Crippen MR) is 72.3 cm³/mol. The molecule has 0 heterocycles. The van der Waals surface area contributed by atoms with Crippen molar-refractivity contribution >= 4 is 17.2 Å². The monoisotopic (exact) mass is 263 g/mol. The average molecular weight is 263 g/mol. The first-order valence-corrected chi connectivity index (χ1v) is 5.80. The van der Waals surface area contributed by atoms with Crippen molar-refractivity contribution < 1.29 is 8.78 Å². The first-order valence-electron chi connectivity index (χ1n) is 5.39. The molecule has 0 unspecified atom stereocenters. The van der Waals surface area contributed by atoms with Crippen LogP contribution < -0.4 is 5.73 Å². The summed E-state index contributed by atoms with van der Waals surface area (Å²) in [5, 5.41) is 0. The van der Waals surface area contributed by atoms with Crippen LogP contribution in [-0.4, -0.2) is 4.99 Å². The van der Waals surface area contributed by atoms with Gasteiger partial charge in [-0.2, -0.15) is 0 Å². The Morgan fingerprint density at radius 1 is 1.06 bits per heavy atom. The highest BCUT2D eigenvalue weighted by molar-refractivity contribution is 7.80. The molecule has 0 atom stereocenters. The summed E-state index contributed by atoms with van der Waals surface area (Å²) >= 11 is 4.86. The molecule has 0 aliphatic carbocycles. The highest BCUT2D eigenvalue weighted by atomic mass is 32.1. The molecule has 92 valence electrons. The number of thiocarbonyl (C=S) groups is 1. The van der Waals surface area contributed by atoms with Gasteiger partial charge in [0.1, 0.15) is 11.6 Å². The van der Waals surface area contributed by atoms with Crippen LogP contribution >= 0.6 is 12.2 Å². The predicted octanol–water partition coefficient (Wildman–Crippen LogP) is 3.46. The third-order valence-corrected chi connectivity index (χ3v) is 2.75. The largest absolute Gasteiger partial charge is 0.393 e. The maximum atomic E-state index is 13.7. The molecule has 0 saturated carbocycles. The molecule has 4 heteroatoms. The zero-order valence-electron chi connectivity index (χ0n) is 9.49. The van der Waals surface area contributed by atoms with Crippen molar-refractivity contribution in [2.45, 2.75) is 6.42 Å². The second-order valence-corrected chi connectivity index (χ2v) is 4.45. The van der Waals surface area contributed by atoms with E-state index >= 15 is 0 Å². The Balaban J connectivity index is 2.53. The Bertz CT molecular complexity index is 596. The molecule has 0 saturated heterocycles. The van der Waals surface area contributed by atoms with Gasteiger partial charge in [0.25, 0.3) is 0 Å². The fourth-order valence-electron chi connectivity index (χ4n) is 1.83. The number of halogens is 2. The Morgan fingerprint density at radius 3 is 2.44 bits per heavy atom. The first-order chi connectivity index (χ1) is 8.58. The number of benzene rings is 2. The molecule has 2 rings (SSSR count). The van der Waals surface area contributed by atoms with E-state index in [1.165, 1.54) is 12.1 Å². The lowest BCUT2D eigenvalue weighted by atomic mass is 9.97. The number of hydrogen-bond acceptors (Lipinski definition) is 1. The highest BCUT2D eigenvalue weighted by Crippen LogP contribution is 2.27. The van der Waals surface area contributed by atoms with E-state index < -0.39 is 11.6 Å². The van der Waals surface area contributed by atoms with Crippen molar-refractivity contribution in [2.75, 3.05) is 0 Å². The smallest absolute Gasteiger partial charge is 0.133 e. The van der Waals surface area contributed by atoms with Crippen LogP contribution in [0.4, 0.5) is 8.78 Å². The lowest BCUT2D eigenvalue weighted by Crippen LogP contribution is -2.11. The number of nitrogens with two attached hydrogens (primary N) is 1. The normalized spacial score (nSPS) is 10.3. The van der Waals surface area contributed by atoms with E-state index in [9.17, 15) is 8.78 Å². The minimum Gasteiger partial charge on any atom is -0.393 e. The third kappa shape index (κ3) is 2.71. The zero-order chi connectivity index (χ0) is 13.1. The Morgan fingerprint density at radius 2 is 1.78 bits per heavy atom. The van der Waals surface area contributed by atoms with Crippen LogP contribution in [0.15, 0.2) is 42.5 Å². The van der Waals surface area contributed by atoms with Crippen LogP contribution in [0.25, 0.3) is 11.1 Å². The summed E-state index contributed by atoms with van der Waals surface area (Å²) in [4.78, 5) is 0.338. The minimum absolute atomic E-state index is 0.338. The summed E-state index contributed by atoms with van der Waals surface area (Å²) < 4.78 is 26.6. The molecule has 0 aliphatic heterocycles. The Kier molecular flexibility index (Phi) is 3.67. The number of hydrogen-bond donors (Lipinski definition) is 1. The van der Waals surface area contributed by atoms with Crippen molar-refractivity contribution in [1.29, 1.82) is 0 Å². The van der Waals surface area contributed by atoms with Gasteiger partial charge in [-0.25, -0.2) is 8.78 Å². The van der Waals surface area contributed by atoms with Crippen molar-refractivity contribution in [2.24, 2.45) is 5.73 Å². The SMILES string of the molecule is NC(=S)Cc1ccccc1-c1ccc(F)cc1F. The molecule has 2 aromatic rings. The number of rotatable bonds is 3. The van der Waals surface area contributed by atoms with Crippen LogP contribution in [-0.2, 0) is 6.42 Å². The maximum absolute atomic E-state index is 13.7. The molecular weight excluding hydrogens is 252 g/mol. The average Bonchev–Trinajstić information content (AvgIpc) is 2.30. The lowest BCUT2D eigenvalue weighted by molar-refractivity contribution is 0.585. The molecule has 0 aromatic heterocycles. The van der Waals surface area contributed by atoms with Crippen LogP contribution in [0, 0.1) is 11.6 Å². The second-order valence-electron chi connectivity index (χ2n) is 3.92. The van der Waals surface area contributed by atoms with E-state index in [-0.39, 0.29) is 0 Å². The topological polar surface area (TPSA) is 26.0 Å². The molecule has 1 nitrogen and oxygen atoms in total. The molecule has 0 radical (unpaired) electrons. The van der Waals surface area contributed by atoms with Crippen LogP contribution in [0.3, 0.4) is 0 Å². The van der Waals surface area contributed by atoms with Gasteiger partial charge < -0.3 is 5.73 Å². The van der Waals surface area contributed by atoms with Crippen molar-refractivity contribution in [3.8, 4) is 11.1 Å². The zero-order valence-corrected chi connectivity index (χ0v) is 10.3. The van der Waals surface area contributed by atoms with Crippen molar-refractivity contribution in [3.05, 3.63) is 59.7 Å². The summed E-state index contributed by atoms with van der Waals surface area (Å²) in [7, 11) is 0. The molecule has 2 aromatic carbocycles. The van der Waals surface area contributed by atoms with E-state index in [4.69, 9.17) is 18.0 Å². The van der Waals surface area contributed by atoms with Crippen molar-refractivity contribution in [1.82, 2.24) is 0 Å². The van der Waals surface area contributed by atoms with E-state index in [1.54, 1.807) is 12.1 Å². The molecule has 0 aliphatic rings. The molecule has 0 spiro atoms. The fraction of sp³-hybridized carbons (Fsp3) is 0.0714. The maximum Gasteiger partial charge on any atom is 0.133 e. The van der Waals surface area contributed by atoms with Gasteiger partial charge >= 0.3 is 0 Å². The quantitative estimate of drug-likeness (QED) is 0.858. The second kappa shape index (κ2) is 5.23. The van der Waals surface area contributed by atoms with Gasteiger partial charge in [0.2, 0.25) is 0 Å². The summed E-state index contributed by atoms with van der Waals surface area (Å²) in [5.41, 5.74) is 7.37. The van der Waals surface area contributed by atoms with Gasteiger partial charge in [-0.3, -0.25) is 0 Å². The standard InChI is InChI=1S/C14H11F2NS/c15-10-5-6-12(13(16)8-10)11-4-2-1-3-9(11)7-14(17)18/h1-6,8H,7H2,(H2,17,18). The minimum atomic E-state index is -0.594. The molecule has 0 bridgehead atoms. The molecule has 18 heavy (non-hydrogen) atoms. The van der Waals surface area contributed by atoms with E-state index in [1.807, 2.05) is 12.1 Å². The van der Waals surface area contributed by atoms with Crippen LogP contribution in [0.5, 0.6) is 0 Å². The van der Waals surface area contributed by atoms with E-state index in [0.29, 0.717) is 22.5 Å². The van der Waals surface area contributed by atoms with Crippen LogP contribution in [0.2, 0.25) is 0 Å². The van der Waals surface area contributed by atoms with Gasteiger partial charge in [-0.15, -0.1) is 0 Å². The van der Waals surface area contributed by atoms with Crippen LogP contribution in [0.1, 0.15) is 5.56 Å². The third-order valence-electron chi connectivity index (χ3n) is 2.60. The van der Waals surface area contributed by atoms with Gasteiger partial charge in [0.05, 0.1) is 4.99 Å². The summed E-state index contributed by atoms with van der Waals surface area (Å²) in [6.45, 7) is 0. The van der Waals surface area contributed by atoms with Gasteiger partial charge in [0, 0.05) is 18.1 Å².